The number of rotatable bonds is 6. The summed E-state index contributed by atoms with van der Waals surface area (Å²) in [4.78, 5) is 23.4. The van der Waals surface area contributed by atoms with Crippen molar-refractivity contribution >= 4 is 17.9 Å². The van der Waals surface area contributed by atoms with Gasteiger partial charge in [-0.05, 0) is 23.6 Å². The van der Waals surface area contributed by atoms with Crippen LogP contribution in [0.2, 0.25) is 0 Å². The normalized spacial score (nSPS) is 11.0. The highest BCUT2D eigenvalue weighted by atomic mass is 16.2. The lowest BCUT2D eigenvalue weighted by Crippen LogP contribution is -2.31. The first kappa shape index (κ1) is 15.5. The maximum atomic E-state index is 12.0. The van der Waals surface area contributed by atoms with Gasteiger partial charge in [-0.3, -0.25) is 9.59 Å². The number of hydrogen-bond acceptors (Lipinski definition) is 2. The Morgan fingerprint density at radius 3 is 2.14 bits per heavy atom. The second-order valence-corrected chi connectivity index (χ2v) is 4.87. The van der Waals surface area contributed by atoms with Gasteiger partial charge in [0.2, 0.25) is 5.91 Å². The van der Waals surface area contributed by atoms with Gasteiger partial charge in [-0.15, -0.1) is 0 Å². The van der Waals surface area contributed by atoms with Crippen molar-refractivity contribution in [3.63, 3.8) is 0 Å². The number of primary amides is 1. The zero-order valence-electron chi connectivity index (χ0n) is 12.2. The zero-order valence-corrected chi connectivity index (χ0v) is 12.2. The Hall–Kier alpha value is -2.88. The number of carbonyl (C=O) groups excluding carboxylic acids is 2. The highest BCUT2D eigenvalue weighted by Gasteiger charge is 2.10. The average molecular weight is 294 g/mol. The molecular formula is C18H18N2O2. The molecule has 0 saturated carbocycles. The highest BCUT2D eigenvalue weighted by molar-refractivity contribution is 6.00. The molecule has 0 aliphatic rings. The van der Waals surface area contributed by atoms with Gasteiger partial charge in [0.25, 0.3) is 5.91 Å². The topological polar surface area (TPSA) is 72.2 Å². The van der Waals surface area contributed by atoms with Crippen molar-refractivity contribution in [2.75, 3.05) is 0 Å². The predicted octanol–water partition coefficient (Wildman–Crippen LogP) is 2.26. The number of carbonyl (C=O) groups is 2. The van der Waals surface area contributed by atoms with Crippen molar-refractivity contribution in [3.05, 3.63) is 77.5 Å². The van der Waals surface area contributed by atoms with E-state index in [0.717, 1.165) is 11.1 Å². The van der Waals surface area contributed by atoms with Crippen molar-refractivity contribution in [2.45, 2.75) is 12.8 Å². The molecule has 22 heavy (non-hydrogen) atoms. The molecule has 0 saturated heterocycles. The summed E-state index contributed by atoms with van der Waals surface area (Å²) in [6.07, 6.45) is 2.48. The summed E-state index contributed by atoms with van der Waals surface area (Å²) in [5.41, 5.74) is 7.30. The molecule has 3 N–H and O–H groups in total. The van der Waals surface area contributed by atoms with Crippen LogP contribution in [0.1, 0.15) is 17.5 Å². The summed E-state index contributed by atoms with van der Waals surface area (Å²) < 4.78 is 0. The van der Waals surface area contributed by atoms with Crippen LogP contribution < -0.4 is 11.1 Å². The fourth-order valence-electron chi connectivity index (χ4n) is 2.00. The van der Waals surface area contributed by atoms with Crippen LogP contribution in [0, 0.1) is 0 Å². The summed E-state index contributed by atoms with van der Waals surface area (Å²) in [7, 11) is 0. The monoisotopic (exact) mass is 294 g/mol. The van der Waals surface area contributed by atoms with Crippen molar-refractivity contribution in [2.24, 2.45) is 5.73 Å². The minimum absolute atomic E-state index is 0.101. The average Bonchev–Trinajstić information content (AvgIpc) is 2.54. The van der Waals surface area contributed by atoms with E-state index in [1.807, 2.05) is 60.7 Å². The molecule has 0 unspecified atom stereocenters. The smallest absolute Gasteiger partial charge is 0.265 e. The Bertz CT molecular complexity index is 664. The van der Waals surface area contributed by atoms with E-state index in [1.54, 1.807) is 6.08 Å². The Kier molecular flexibility index (Phi) is 5.49. The first-order chi connectivity index (χ1) is 10.6. The quantitative estimate of drug-likeness (QED) is 0.802. The van der Waals surface area contributed by atoms with E-state index < -0.39 is 5.91 Å². The predicted molar refractivity (Wildman–Crippen MR) is 86.5 cm³/mol. The van der Waals surface area contributed by atoms with Gasteiger partial charge in [-0.1, -0.05) is 60.7 Å². The molecule has 0 fully saturated rings. The van der Waals surface area contributed by atoms with Crippen molar-refractivity contribution in [3.8, 4) is 0 Å². The molecular weight excluding hydrogens is 276 g/mol. The Balaban J connectivity index is 1.98. The molecule has 0 heterocycles. The van der Waals surface area contributed by atoms with Crippen LogP contribution >= 0.6 is 0 Å². The van der Waals surface area contributed by atoms with Gasteiger partial charge in [0.15, 0.2) is 0 Å². The van der Waals surface area contributed by atoms with Crippen LogP contribution in [0.5, 0.6) is 0 Å². The second kappa shape index (κ2) is 7.78. The Morgan fingerprint density at radius 2 is 1.55 bits per heavy atom. The van der Waals surface area contributed by atoms with Crippen LogP contribution in [0.15, 0.2) is 66.4 Å². The number of aryl methyl sites for hydroxylation is 1. The van der Waals surface area contributed by atoms with E-state index in [4.69, 9.17) is 5.73 Å². The van der Waals surface area contributed by atoms with Crippen LogP contribution in [0.4, 0.5) is 0 Å². The summed E-state index contributed by atoms with van der Waals surface area (Å²) >= 11 is 0. The van der Waals surface area contributed by atoms with Crippen LogP contribution in [0.3, 0.4) is 0 Å². The third kappa shape index (κ3) is 4.90. The van der Waals surface area contributed by atoms with E-state index in [-0.39, 0.29) is 11.6 Å². The van der Waals surface area contributed by atoms with Crippen molar-refractivity contribution in [1.29, 1.82) is 0 Å². The maximum Gasteiger partial charge on any atom is 0.265 e. The standard InChI is InChI=1S/C18H18N2O2/c19-18(22)16(13-15-9-5-2-6-10-15)20-17(21)12-11-14-7-3-1-4-8-14/h1-10,13H,11-12H2,(H2,19,22)(H,20,21). The molecule has 2 amide bonds. The van der Waals surface area contributed by atoms with Gasteiger partial charge in [-0.25, -0.2) is 0 Å². The van der Waals surface area contributed by atoms with Gasteiger partial charge < -0.3 is 11.1 Å². The summed E-state index contributed by atoms with van der Waals surface area (Å²) in [6.45, 7) is 0. The fourth-order valence-corrected chi connectivity index (χ4v) is 2.00. The van der Waals surface area contributed by atoms with Crippen LogP contribution in [-0.4, -0.2) is 11.8 Å². The third-order valence-electron chi connectivity index (χ3n) is 3.13. The third-order valence-corrected chi connectivity index (χ3v) is 3.13. The van der Waals surface area contributed by atoms with E-state index in [2.05, 4.69) is 5.32 Å². The minimum atomic E-state index is -0.656. The highest BCUT2D eigenvalue weighted by Crippen LogP contribution is 2.06. The summed E-state index contributed by atoms with van der Waals surface area (Å²) in [5.74, 6) is -0.887. The minimum Gasteiger partial charge on any atom is -0.364 e. The van der Waals surface area contributed by atoms with Gasteiger partial charge in [-0.2, -0.15) is 0 Å². The molecule has 2 aromatic rings. The molecule has 0 spiro atoms. The van der Waals surface area contributed by atoms with E-state index in [1.165, 1.54) is 0 Å². The molecule has 0 bridgehead atoms. The number of benzene rings is 2. The zero-order chi connectivity index (χ0) is 15.8. The maximum absolute atomic E-state index is 12.0. The van der Waals surface area contributed by atoms with Gasteiger partial charge in [0, 0.05) is 6.42 Å². The first-order valence-corrected chi connectivity index (χ1v) is 7.05. The molecule has 0 aromatic heterocycles. The largest absolute Gasteiger partial charge is 0.364 e. The summed E-state index contributed by atoms with van der Waals surface area (Å²) in [6, 6.07) is 18.9. The first-order valence-electron chi connectivity index (χ1n) is 7.05. The second-order valence-electron chi connectivity index (χ2n) is 4.87. The van der Waals surface area contributed by atoms with Gasteiger partial charge in [0.1, 0.15) is 5.70 Å². The lowest BCUT2D eigenvalue weighted by atomic mass is 10.1. The number of nitrogens with one attached hydrogen (secondary N) is 1. The number of hydrogen-bond donors (Lipinski definition) is 2. The molecule has 2 rings (SSSR count). The molecule has 0 atom stereocenters. The van der Waals surface area contributed by atoms with E-state index in [0.29, 0.717) is 12.8 Å². The molecule has 0 radical (unpaired) electrons. The van der Waals surface area contributed by atoms with Crippen molar-refractivity contribution < 1.29 is 9.59 Å². The Labute approximate surface area is 129 Å². The van der Waals surface area contributed by atoms with E-state index in [9.17, 15) is 9.59 Å². The molecule has 2 aromatic carbocycles. The lowest BCUT2D eigenvalue weighted by Gasteiger charge is -2.07. The lowest BCUT2D eigenvalue weighted by molar-refractivity contribution is -0.122. The van der Waals surface area contributed by atoms with Gasteiger partial charge >= 0.3 is 0 Å². The molecule has 4 heteroatoms. The molecule has 112 valence electrons. The Morgan fingerprint density at radius 1 is 0.955 bits per heavy atom. The molecule has 0 aliphatic carbocycles. The molecule has 4 nitrogen and oxygen atoms in total. The molecule has 0 aliphatic heterocycles. The van der Waals surface area contributed by atoms with E-state index >= 15 is 0 Å². The number of nitrogens with two attached hydrogens (primary N) is 1. The van der Waals surface area contributed by atoms with Gasteiger partial charge in [0.05, 0.1) is 0 Å². The van der Waals surface area contributed by atoms with Crippen LogP contribution in [-0.2, 0) is 16.0 Å². The number of amides is 2. The van der Waals surface area contributed by atoms with Crippen LogP contribution in [0.25, 0.3) is 6.08 Å². The van der Waals surface area contributed by atoms with Crippen molar-refractivity contribution in [1.82, 2.24) is 5.32 Å². The summed E-state index contributed by atoms with van der Waals surface area (Å²) in [5, 5.41) is 2.58. The SMILES string of the molecule is NC(=O)C(=Cc1ccccc1)NC(=O)CCc1ccccc1. The fraction of sp³-hybridized carbons (Fsp3) is 0.111.